The van der Waals surface area contributed by atoms with Gasteiger partial charge >= 0.3 is 6.03 Å². The highest BCUT2D eigenvalue weighted by molar-refractivity contribution is 5.89. The minimum Gasteiger partial charge on any atom is -0.376 e. The van der Waals surface area contributed by atoms with Crippen LogP contribution in [0.2, 0.25) is 0 Å². The molecular weight excluding hydrogens is 242 g/mol. The molecule has 0 atom stereocenters. The fourth-order valence-electron chi connectivity index (χ4n) is 2.16. The minimum atomic E-state index is -0.205. The zero-order valence-electron chi connectivity index (χ0n) is 11.2. The number of carbonyl (C=O) groups is 1. The van der Waals surface area contributed by atoms with E-state index in [2.05, 4.69) is 10.6 Å². The Morgan fingerprint density at radius 2 is 2.05 bits per heavy atom. The molecule has 2 rings (SSSR count). The monoisotopic (exact) mass is 263 g/mol. The number of hydrogen-bond acceptors (Lipinski definition) is 3. The number of urea groups is 1. The first-order valence-electron chi connectivity index (χ1n) is 6.56. The van der Waals surface area contributed by atoms with Gasteiger partial charge in [-0.1, -0.05) is 12.1 Å². The van der Waals surface area contributed by atoms with Gasteiger partial charge in [0, 0.05) is 25.9 Å². The maximum atomic E-state index is 11.8. The Kier molecular flexibility index (Phi) is 4.39. The van der Waals surface area contributed by atoms with E-state index in [0.717, 1.165) is 30.5 Å². The Labute approximate surface area is 113 Å². The summed E-state index contributed by atoms with van der Waals surface area (Å²) in [6.07, 6.45) is 3.18. The molecule has 0 unspecified atom stereocenters. The second-order valence-corrected chi connectivity index (χ2v) is 4.95. The molecule has 19 heavy (non-hydrogen) atoms. The van der Waals surface area contributed by atoms with Crippen molar-refractivity contribution in [3.05, 3.63) is 29.8 Å². The number of hydrogen-bond donors (Lipinski definition) is 3. The van der Waals surface area contributed by atoms with Crippen molar-refractivity contribution in [1.82, 2.24) is 5.32 Å². The Morgan fingerprint density at radius 3 is 2.53 bits per heavy atom. The number of ether oxygens (including phenoxy) is 1. The summed E-state index contributed by atoms with van der Waals surface area (Å²) in [7, 11) is 1.70. The summed E-state index contributed by atoms with van der Waals surface area (Å²) in [6, 6.07) is 7.29. The van der Waals surface area contributed by atoms with Crippen molar-refractivity contribution in [3.63, 3.8) is 0 Å². The highest BCUT2D eigenvalue weighted by Gasteiger charge is 2.37. The highest BCUT2D eigenvalue weighted by atomic mass is 16.5. The maximum Gasteiger partial charge on any atom is 0.319 e. The minimum absolute atomic E-state index is 0.152. The van der Waals surface area contributed by atoms with Gasteiger partial charge in [-0.05, 0) is 37.0 Å². The molecule has 2 amide bonds. The summed E-state index contributed by atoms with van der Waals surface area (Å²) in [5.74, 6) is 0. The van der Waals surface area contributed by atoms with Gasteiger partial charge in [-0.15, -0.1) is 0 Å². The smallest absolute Gasteiger partial charge is 0.319 e. The summed E-state index contributed by atoms with van der Waals surface area (Å²) in [4.78, 5) is 11.8. The second kappa shape index (κ2) is 6.04. The zero-order chi connectivity index (χ0) is 13.7. The molecule has 1 aliphatic rings. The van der Waals surface area contributed by atoms with Gasteiger partial charge in [0.1, 0.15) is 0 Å². The Morgan fingerprint density at radius 1 is 1.37 bits per heavy atom. The molecule has 4 N–H and O–H groups in total. The van der Waals surface area contributed by atoms with Crippen molar-refractivity contribution >= 4 is 11.7 Å². The molecule has 104 valence electrons. The molecule has 1 saturated carbocycles. The molecule has 0 aromatic heterocycles. The quantitative estimate of drug-likeness (QED) is 0.758. The van der Waals surface area contributed by atoms with Crippen LogP contribution in [0.5, 0.6) is 0 Å². The third-order valence-electron chi connectivity index (χ3n) is 3.72. The molecule has 5 heteroatoms. The predicted molar refractivity (Wildman–Crippen MR) is 74.9 cm³/mol. The molecule has 1 fully saturated rings. The van der Waals surface area contributed by atoms with Crippen LogP contribution < -0.4 is 16.4 Å². The van der Waals surface area contributed by atoms with E-state index < -0.39 is 0 Å². The number of nitrogens with two attached hydrogens (primary N) is 1. The average molecular weight is 263 g/mol. The molecule has 5 nitrogen and oxygen atoms in total. The van der Waals surface area contributed by atoms with E-state index in [1.807, 2.05) is 24.3 Å². The molecule has 1 aliphatic carbocycles. The number of anilines is 1. The van der Waals surface area contributed by atoms with E-state index in [0.29, 0.717) is 13.1 Å². The van der Waals surface area contributed by atoms with Crippen LogP contribution in [0.4, 0.5) is 10.5 Å². The van der Waals surface area contributed by atoms with Crippen LogP contribution in [0.15, 0.2) is 24.3 Å². The Hall–Kier alpha value is -1.59. The van der Waals surface area contributed by atoms with Gasteiger partial charge < -0.3 is 21.1 Å². The first-order chi connectivity index (χ1) is 9.17. The van der Waals surface area contributed by atoms with E-state index in [-0.39, 0.29) is 11.6 Å². The number of nitrogens with one attached hydrogen (secondary N) is 2. The number of benzene rings is 1. The predicted octanol–water partition coefficient (Wildman–Crippen LogP) is 1.84. The van der Waals surface area contributed by atoms with Crippen molar-refractivity contribution in [2.75, 3.05) is 19.0 Å². The standard InChI is InChI=1S/C14H21N3O2/c1-19-14(7-2-8-14)10-16-13(18)17-12-5-3-11(9-15)4-6-12/h3-6H,2,7-10,15H2,1H3,(H2,16,17,18). The summed E-state index contributed by atoms with van der Waals surface area (Å²) in [5.41, 5.74) is 7.17. The van der Waals surface area contributed by atoms with Gasteiger partial charge in [0.2, 0.25) is 0 Å². The largest absolute Gasteiger partial charge is 0.376 e. The lowest BCUT2D eigenvalue weighted by Crippen LogP contribution is -2.50. The van der Waals surface area contributed by atoms with E-state index in [9.17, 15) is 4.79 Å². The third-order valence-corrected chi connectivity index (χ3v) is 3.72. The van der Waals surface area contributed by atoms with Crippen LogP contribution in [0.1, 0.15) is 24.8 Å². The number of rotatable bonds is 5. The van der Waals surface area contributed by atoms with Gasteiger partial charge in [0.15, 0.2) is 0 Å². The first kappa shape index (κ1) is 13.8. The van der Waals surface area contributed by atoms with Crippen molar-refractivity contribution in [3.8, 4) is 0 Å². The third kappa shape index (κ3) is 3.45. The van der Waals surface area contributed by atoms with E-state index >= 15 is 0 Å². The molecule has 0 heterocycles. The van der Waals surface area contributed by atoms with Gasteiger partial charge in [-0.2, -0.15) is 0 Å². The summed E-state index contributed by atoms with van der Waals surface area (Å²) < 4.78 is 5.45. The lowest BCUT2D eigenvalue weighted by molar-refractivity contribution is -0.0671. The van der Waals surface area contributed by atoms with Gasteiger partial charge in [0.05, 0.1) is 5.60 Å². The van der Waals surface area contributed by atoms with Crippen LogP contribution in [-0.2, 0) is 11.3 Å². The second-order valence-electron chi connectivity index (χ2n) is 4.95. The van der Waals surface area contributed by atoms with Crippen molar-refractivity contribution in [1.29, 1.82) is 0 Å². The molecule has 1 aromatic rings. The fourth-order valence-corrected chi connectivity index (χ4v) is 2.16. The highest BCUT2D eigenvalue weighted by Crippen LogP contribution is 2.34. The van der Waals surface area contributed by atoms with Crippen LogP contribution >= 0.6 is 0 Å². The number of methoxy groups -OCH3 is 1. The van der Waals surface area contributed by atoms with Gasteiger partial charge in [0.25, 0.3) is 0 Å². The molecule has 0 aliphatic heterocycles. The van der Waals surface area contributed by atoms with E-state index in [4.69, 9.17) is 10.5 Å². The van der Waals surface area contributed by atoms with Gasteiger partial charge in [-0.25, -0.2) is 4.79 Å². The maximum absolute atomic E-state index is 11.8. The van der Waals surface area contributed by atoms with Gasteiger partial charge in [-0.3, -0.25) is 0 Å². The van der Waals surface area contributed by atoms with Crippen LogP contribution in [0.3, 0.4) is 0 Å². The van der Waals surface area contributed by atoms with E-state index in [1.165, 1.54) is 0 Å². The molecule has 0 radical (unpaired) electrons. The normalized spacial score (nSPS) is 16.5. The molecule has 0 bridgehead atoms. The SMILES string of the molecule is COC1(CNC(=O)Nc2ccc(CN)cc2)CCC1. The van der Waals surface area contributed by atoms with Crippen LogP contribution in [0, 0.1) is 0 Å². The Balaban J connectivity index is 1.80. The average Bonchev–Trinajstić information content (AvgIpc) is 2.39. The number of carbonyl (C=O) groups excluding carboxylic acids is 1. The van der Waals surface area contributed by atoms with Crippen molar-refractivity contribution in [2.24, 2.45) is 5.73 Å². The molecule has 0 saturated heterocycles. The fraction of sp³-hybridized carbons (Fsp3) is 0.500. The lowest BCUT2D eigenvalue weighted by atomic mass is 9.80. The van der Waals surface area contributed by atoms with Crippen molar-refractivity contribution in [2.45, 2.75) is 31.4 Å². The van der Waals surface area contributed by atoms with E-state index in [1.54, 1.807) is 7.11 Å². The van der Waals surface area contributed by atoms with Crippen molar-refractivity contribution < 1.29 is 9.53 Å². The number of amides is 2. The first-order valence-corrected chi connectivity index (χ1v) is 6.56. The summed E-state index contributed by atoms with van der Waals surface area (Å²) in [5, 5.41) is 5.65. The molecule has 0 spiro atoms. The summed E-state index contributed by atoms with van der Waals surface area (Å²) in [6.45, 7) is 1.05. The van der Waals surface area contributed by atoms with Crippen LogP contribution in [-0.4, -0.2) is 25.3 Å². The lowest BCUT2D eigenvalue weighted by Gasteiger charge is -2.40. The zero-order valence-corrected chi connectivity index (χ0v) is 11.2. The topological polar surface area (TPSA) is 76.4 Å². The molecular formula is C14H21N3O2. The molecule has 1 aromatic carbocycles. The summed E-state index contributed by atoms with van der Waals surface area (Å²) >= 11 is 0. The Bertz CT molecular complexity index is 421. The van der Waals surface area contributed by atoms with Crippen LogP contribution in [0.25, 0.3) is 0 Å².